The zero-order chi connectivity index (χ0) is 11.9. The molecule has 3 heterocycles. The largest absolute Gasteiger partial charge is 0.261 e. The molecule has 0 saturated heterocycles. The summed E-state index contributed by atoms with van der Waals surface area (Å²) >= 11 is 1.44. The van der Waals surface area contributed by atoms with E-state index < -0.39 is 0 Å². The molecule has 5 nitrogen and oxygen atoms in total. The molecule has 1 aliphatic heterocycles. The van der Waals surface area contributed by atoms with Gasteiger partial charge in [-0.1, -0.05) is 29.5 Å². The van der Waals surface area contributed by atoms with Gasteiger partial charge in [-0.05, 0) is 6.07 Å². The molecule has 1 aliphatic rings. The van der Waals surface area contributed by atoms with Gasteiger partial charge in [-0.3, -0.25) is 9.82 Å². The van der Waals surface area contributed by atoms with Gasteiger partial charge in [-0.2, -0.15) is 5.06 Å². The molecule has 3 aromatic rings. The van der Waals surface area contributed by atoms with Crippen molar-refractivity contribution in [3.8, 4) is 0 Å². The Kier molecular flexibility index (Phi) is 2.05. The van der Waals surface area contributed by atoms with Crippen LogP contribution in [0, 0.1) is 0 Å². The Morgan fingerprint density at radius 2 is 2.28 bits per heavy atom. The predicted octanol–water partition coefficient (Wildman–Crippen LogP) is 2.67. The first-order valence-electron chi connectivity index (χ1n) is 5.49. The van der Waals surface area contributed by atoms with Crippen LogP contribution in [0.2, 0.25) is 0 Å². The molecule has 2 aromatic heterocycles. The van der Waals surface area contributed by atoms with Gasteiger partial charge in [0.15, 0.2) is 0 Å². The highest BCUT2D eigenvalue weighted by Crippen LogP contribution is 2.40. The molecule has 0 bridgehead atoms. The minimum atomic E-state index is 0.543. The molecule has 4 rings (SSSR count). The Morgan fingerprint density at radius 1 is 1.28 bits per heavy atom. The first kappa shape index (κ1) is 9.93. The van der Waals surface area contributed by atoms with Gasteiger partial charge in [-0.25, -0.2) is 0 Å². The molecule has 1 aromatic carbocycles. The number of aromatic nitrogens is 3. The van der Waals surface area contributed by atoms with E-state index in [4.69, 9.17) is 4.84 Å². The number of anilines is 2. The van der Waals surface area contributed by atoms with Crippen LogP contribution in [0.1, 0.15) is 5.56 Å². The van der Waals surface area contributed by atoms with Crippen molar-refractivity contribution in [3.63, 3.8) is 0 Å². The minimum Gasteiger partial charge on any atom is -0.261 e. The van der Waals surface area contributed by atoms with E-state index in [-0.39, 0.29) is 0 Å². The zero-order valence-corrected chi connectivity index (χ0v) is 10.1. The maximum atomic E-state index is 5.68. The first-order valence-corrected chi connectivity index (χ1v) is 6.37. The van der Waals surface area contributed by atoms with Crippen molar-refractivity contribution in [1.29, 1.82) is 0 Å². The maximum absolute atomic E-state index is 5.68. The summed E-state index contributed by atoms with van der Waals surface area (Å²) in [4.78, 5) is 10.1. The Bertz CT molecular complexity index is 713. The lowest BCUT2D eigenvalue weighted by molar-refractivity contribution is 0.145. The second-order valence-corrected chi connectivity index (χ2v) is 4.75. The van der Waals surface area contributed by atoms with Crippen LogP contribution in [0.25, 0.3) is 10.9 Å². The van der Waals surface area contributed by atoms with Gasteiger partial charge in [0.2, 0.25) is 5.13 Å². The van der Waals surface area contributed by atoms with Crippen LogP contribution >= 0.6 is 11.3 Å². The van der Waals surface area contributed by atoms with E-state index in [2.05, 4.69) is 27.3 Å². The topological polar surface area (TPSA) is 51.1 Å². The Morgan fingerprint density at radius 3 is 3.17 bits per heavy atom. The Balaban J connectivity index is 2.00. The van der Waals surface area contributed by atoms with Crippen molar-refractivity contribution >= 4 is 33.1 Å². The standard InChI is InChI=1S/C12H8N4OS/c1-2-8-3-4-9-6-17-16(12-15-14-7-18-12)11(9)10(8)13-5-1/h1-5,7H,6H2. The van der Waals surface area contributed by atoms with Crippen LogP contribution in [0.15, 0.2) is 36.0 Å². The fourth-order valence-corrected chi connectivity index (χ4v) is 2.64. The van der Waals surface area contributed by atoms with E-state index in [9.17, 15) is 0 Å². The lowest BCUT2D eigenvalue weighted by Gasteiger charge is -2.14. The molecule has 0 fully saturated rings. The van der Waals surface area contributed by atoms with Crippen molar-refractivity contribution in [3.05, 3.63) is 41.5 Å². The second-order valence-electron chi connectivity index (χ2n) is 3.94. The van der Waals surface area contributed by atoms with Crippen molar-refractivity contribution in [2.45, 2.75) is 6.61 Å². The molecule has 0 aliphatic carbocycles. The van der Waals surface area contributed by atoms with Crippen molar-refractivity contribution in [1.82, 2.24) is 15.2 Å². The van der Waals surface area contributed by atoms with Crippen LogP contribution < -0.4 is 5.06 Å². The van der Waals surface area contributed by atoms with Gasteiger partial charge >= 0.3 is 0 Å². The Hall–Kier alpha value is -2.05. The van der Waals surface area contributed by atoms with Crippen molar-refractivity contribution < 1.29 is 4.84 Å². The highest BCUT2D eigenvalue weighted by molar-refractivity contribution is 7.13. The summed E-state index contributed by atoms with van der Waals surface area (Å²) < 4.78 is 0. The summed E-state index contributed by atoms with van der Waals surface area (Å²) in [7, 11) is 0. The summed E-state index contributed by atoms with van der Waals surface area (Å²) in [5.41, 5.74) is 4.72. The molecular weight excluding hydrogens is 248 g/mol. The summed E-state index contributed by atoms with van der Waals surface area (Å²) in [5, 5.41) is 11.4. The molecule has 0 saturated carbocycles. The molecule has 0 spiro atoms. The molecule has 18 heavy (non-hydrogen) atoms. The molecule has 0 atom stereocenters. The molecule has 6 heteroatoms. The van der Waals surface area contributed by atoms with Crippen molar-refractivity contribution in [2.24, 2.45) is 0 Å². The lowest BCUT2D eigenvalue weighted by Crippen LogP contribution is -2.11. The van der Waals surface area contributed by atoms with E-state index in [1.807, 2.05) is 12.1 Å². The van der Waals surface area contributed by atoms with Crippen molar-refractivity contribution in [2.75, 3.05) is 5.06 Å². The Labute approximate surface area is 107 Å². The zero-order valence-electron chi connectivity index (χ0n) is 9.28. The third kappa shape index (κ3) is 1.33. The monoisotopic (exact) mass is 256 g/mol. The average Bonchev–Trinajstić information content (AvgIpc) is 3.07. The second kappa shape index (κ2) is 3.72. The number of rotatable bonds is 1. The van der Waals surface area contributed by atoms with Gasteiger partial charge in [0.25, 0.3) is 0 Å². The quantitative estimate of drug-likeness (QED) is 0.670. The van der Waals surface area contributed by atoms with Crippen LogP contribution in [0.4, 0.5) is 10.8 Å². The number of nitrogens with zero attached hydrogens (tertiary/aromatic N) is 4. The smallest absolute Gasteiger partial charge is 0.236 e. The number of pyridine rings is 1. The molecule has 0 N–H and O–H groups in total. The first-order chi connectivity index (χ1) is 8.93. The fraction of sp³-hybridized carbons (Fsp3) is 0.0833. The number of hydrogen-bond donors (Lipinski definition) is 0. The molecule has 0 amide bonds. The van der Waals surface area contributed by atoms with Gasteiger partial charge in [0, 0.05) is 17.1 Å². The number of benzene rings is 1. The summed E-state index contributed by atoms with van der Waals surface area (Å²) in [5.74, 6) is 0. The predicted molar refractivity (Wildman–Crippen MR) is 68.6 cm³/mol. The summed E-state index contributed by atoms with van der Waals surface area (Å²) in [6.07, 6.45) is 1.79. The fourth-order valence-electron chi connectivity index (χ4n) is 2.12. The molecular formula is C12H8N4OS. The highest BCUT2D eigenvalue weighted by atomic mass is 32.1. The SMILES string of the molecule is c1cnc2c3c(ccc2c1)CON3c1nncs1. The van der Waals surface area contributed by atoms with Gasteiger partial charge in [-0.15, -0.1) is 10.2 Å². The van der Waals surface area contributed by atoms with Crippen LogP contribution in [0.5, 0.6) is 0 Å². The third-order valence-corrected chi connectivity index (χ3v) is 3.56. The minimum absolute atomic E-state index is 0.543. The van der Waals surface area contributed by atoms with Crippen LogP contribution in [-0.2, 0) is 11.4 Å². The van der Waals surface area contributed by atoms with E-state index in [1.165, 1.54) is 11.3 Å². The lowest BCUT2D eigenvalue weighted by atomic mass is 10.1. The van der Waals surface area contributed by atoms with E-state index in [0.717, 1.165) is 27.3 Å². The van der Waals surface area contributed by atoms with Crippen LogP contribution in [-0.4, -0.2) is 15.2 Å². The maximum Gasteiger partial charge on any atom is 0.236 e. The molecule has 0 unspecified atom stereocenters. The van der Waals surface area contributed by atoms with Crippen LogP contribution in [0.3, 0.4) is 0 Å². The summed E-state index contributed by atoms with van der Waals surface area (Å²) in [6, 6.07) is 8.10. The summed E-state index contributed by atoms with van der Waals surface area (Å²) in [6.45, 7) is 0.543. The van der Waals surface area contributed by atoms with Gasteiger partial charge in [0.1, 0.15) is 17.8 Å². The third-order valence-electron chi connectivity index (χ3n) is 2.91. The number of fused-ring (bicyclic) bond motifs is 3. The molecule has 88 valence electrons. The molecule has 0 radical (unpaired) electrons. The van der Waals surface area contributed by atoms with Gasteiger partial charge in [0.05, 0.1) is 5.52 Å². The average molecular weight is 256 g/mol. The van der Waals surface area contributed by atoms with Gasteiger partial charge < -0.3 is 0 Å². The van der Waals surface area contributed by atoms with E-state index in [1.54, 1.807) is 16.8 Å². The van der Waals surface area contributed by atoms with E-state index in [0.29, 0.717) is 6.61 Å². The highest BCUT2D eigenvalue weighted by Gasteiger charge is 2.26. The van der Waals surface area contributed by atoms with E-state index >= 15 is 0 Å². The normalized spacial score (nSPS) is 14.1. The number of hydrogen-bond acceptors (Lipinski definition) is 6.